The van der Waals surface area contributed by atoms with Crippen LogP contribution in [0.5, 0.6) is 0 Å². The number of halogens is 2. The molecular weight excluding hydrogens is 323 g/mol. The summed E-state index contributed by atoms with van der Waals surface area (Å²) in [5.41, 5.74) is 7.05. The first kappa shape index (κ1) is 21.2. The highest BCUT2D eigenvalue weighted by Crippen LogP contribution is 2.25. The Balaban J connectivity index is 0.00000220. The molecule has 0 radical (unpaired) electrons. The molecule has 1 fully saturated rings. The van der Waals surface area contributed by atoms with E-state index in [1.54, 1.807) is 0 Å². The average Bonchev–Trinajstić information content (AvgIpc) is 2.83. The highest BCUT2D eigenvalue weighted by molar-refractivity contribution is 5.85. The van der Waals surface area contributed by atoms with Crippen molar-refractivity contribution in [1.29, 1.82) is 0 Å². The first-order chi connectivity index (χ1) is 9.29. The molecule has 1 aromatic rings. The molecule has 0 aliphatic carbocycles. The number of likely N-dealkylation sites (tertiary alicyclic amines) is 1. The summed E-state index contributed by atoms with van der Waals surface area (Å²) in [6.07, 6.45) is 5.98. The Bertz CT molecular complexity index is 484. The Morgan fingerprint density at radius 1 is 1.41 bits per heavy atom. The second-order valence-electron chi connectivity index (χ2n) is 6.92. The van der Waals surface area contributed by atoms with E-state index < -0.39 is 6.04 Å². The van der Waals surface area contributed by atoms with Crippen molar-refractivity contribution >= 4 is 30.7 Å². The monoisotopic (exact) mass is 350 g/mol. The van der Waals surface area contributed by atoms with Crippen LogP contribution < -0.4 is 5.73 Å². The van der Waals surface area contributed by atoms with E-state index in [-0.39, 0.29) is 42.2 Å². The number of amides is 1. The minimum atomic E-state index is -0.444. The summed E-state index contributed by atoms with van der Waals surface area (Å²) in [6, 6.07) is -0.172. The maximum absolute atomic E-state index is 12.5. The Kier molecular flexibility index (Phi) is 7.89. The molecule has 2 N–H and O–H groups in total. The zero-order valence-electron chi connectivity index (χ0n) is 13.8. The van der Waals surface area contributed by atoms with Gasteiger partial charge in [-0.3, -0.25) is 9.48 Å². The Morgan fingerprint density at radius 2 is 2.05 bits per heavy atom. The smallest absolute Gasteiger partial charge is 0.240 e. The van der Waals surface area contributed by atoms with E-state index in [0.29, 0.717) is 6.54 Å². The predicted octanol–water partition coefficient (Wildman–Crippen LogP) is 2.57. The van der Waals surface area contributed by atoms with Crippen molar-refractivity contribution in [3.05, 3.63) is 18.0 Å². The number of carbonyl (C=O) groups is 1. The van der Waals surface area contributed by atoms with Crippen molar-refractivity contribution in [2.75, 3.05) is 13.1 Å². The lowest BCUT2D eigenvalue weighted by Gasteiger charge is -2.37. The van der Waals surface area contributed by atoms with Crippen molar-refractivity contribution < 1.29 is 4.79 Å². The van der Waals surface area contributed by atoms with E-state index in [0.717, 1.165) is 24.9 Å². The third-order valence-electron chi connectivity index (χ3n) is 4.01. The van der Waals surface area contributed by atoms with E-state index in [2.05, 4.69) is 5.10 Å². The second-order valence-corrected chi connectivity index (χ2v) is 6.92. The zero-order valence-corrected chi connectivity index (χ0v) is 15.4. The molecule has 1 unspecified atom stereocenters. The lowest BCUT2D eigenvalue weighted by atomic mass is 9.86. The van der Waals surface area contributed by atoms with Gasteiger partial charge in [0.05, 0.1) is 18.3 Å². The summed E-state index contributed by atoms with van der Waals surface area (Å²) >= 11 is 0. The van der Waals surface area contributed by atoms with Gasteiger partial charge in [0.25, 0.3) is 0 Å². The molecule has 1 aliphatic heterocycles. The van der Waals surface area contributed by atoms with Crippen LogP contribution in [-0.2, 0) is 4.79 Å². The molecule has 0 spiro atoms. The van der Waals surface area contributed by atoms with Gasteiger partial charge in [-0.25, -0.2) is 0 Å². The Labute approximate surface area is 145 Å². The van der Waals surface area contributed by atoms with Gasteiger partial charge >= 0.3 is 0 Å². The molecule has 1 amide bonds. The standard InChI is InChI=1S/C15H26N4O.2ClH/c1-11-8-17-19(9-11)12-6-5-7-18(10-12)14(20)13(16)15(2,3)4;;/h8-9,12-13H,5-7,10,16H2,1-4H3;2*1H/t12?,13-;;/m1../s1. The van der Waals surface area contributed by atoms with Crippen LogP contribution >= 0.6 is 24.8 Å². The quantitative estimate of drug-likeness (QED) is 0.891. The lowest BCUT2D eigenvalue weighted by Crippen LogP contribution is -2.53. The molecule has 22 heavy (non-hydrogen) atoms. The van der Waals surface area contributed by atoms with Crippen molar-refractivity contribution in [2.24, 2.45) is 11.1 Å². The molecule has 0 aromatic carbocycles. The lowest BCUT2D eigenvalue weighted by molar-refractivity contribution is -0.136. The Morgan fingerprint density at radius 3 is 2.55 bits per heavy atom. The summed E-state index contributed by atoms with van der Waals surface area (Å²) in [6.45, 7) is 9.57. The van der Waals surface area contributed by atoms with Gasteiger partial charge in [-0.15, -0.1) is 24.8 Å². The normalized spacial score (nSPS) is 19.9. The largest absolute Gasteiger partial charge is 0.339 e. The van der Waals surface area contributed by atoms with Gasteiger partial charge in [-0.05, 0) is 30.7 Å². The van der Waals surface area contributed by atoms with Gasteiger partial charge in [0, 0.05) is 19.3 Å². The van der Waals surface area contributed by atoms with Gasteiger partial charge in [-0.1, -0.05) is 20.8 Å². The maximum Gasteiger partial charge on any atom is 0.240 e. The van der Waals surface area contributed by atoms with Crippen LogP contribution in [0.2, 0.25) is 0 Å². The van der Waals surface area contributed by atoms with E-state index in [4.69, 9.17) is 5.73 Å². The fourth-order valence-corrected chi connectivity index (χ4v) is 2.57. The SMILES string of the molecule is Cc1cnn(C2CCCN(C(=O)[C@@H](N)C(C)(C)C)C2)c1.Cl.Cl. The maximum atomic E-state index is 12.5. The predicted molar refractivity (Wildman–Crippen MR) is 93.7 cm³/mol. The molecule has 2 heterocycles. The number of nitrogens with two attached hydrogens (primary N) is 1. The van der Waals surface area contributed by atoms with Crippen molar-refractivity contribution in [2.45, 2.75) is 52.6 Å². The minimum Gasteiger partial charge on any atom is -0.339 e. The minimum absolute atomic E-state index is 0. The third-order valence-corrected chi connectivity index (χ3v) is 4.01. The average molecular weight is 351 g/mol. The second kappa shape index (κ2) is 8.18. The van der Waals surface area contributed by atoms with Crippen LogP contribution in [0.4, 0.5) is 0 Å². The molecular formula is C15H28Cl2N4O. The van der Waals surface area contributed by atoms with E-state index >= 15 is 0 Å². The number of piperidine rings is 1. The van der Waals surface area contributed by atoms with Crippen LogP contribution in [0.3, 0.4) is 0 Å². The van der Waals surface area contributed by atoms with E-state index in [1.165, 1.54) is 0 Å². The summed E-state index contributed by atoms with van der Waals surface area (Å²) in [5.74, 6) is 0.0612. The van der Waals surface area contributed by atoms with Gasteiger partial charge in [0.2, 0.25) is 5.91 Å². The van der Waals surface area contributed by atoms with Crippen molar-refractivity contribution in [1.82, 2.24) is 14.7 Å². The van der Waals surface area contributed by atoms with Crippen LogP contribution in [-0.4, -0.2) is 39.7 Å². The summed E-state index contributed by atoms with van der Waals surface area (Å²) in [4.78, 5) is 14.4. The molecule has 0 saturated carbocycles. The van der Waals surface area contributed by atoms with Gasteiger partial charge < -0.3 is 10.6 Å². The van der Waals surface area contributed by atoms with E-state index in [1.807, 2.05) is 49.7 Å². The number of carbonyl (C=O) groups excluding carboxylic acids is 1. The number of hydrogen-bond acceptors (Lipinski definition) is 3. The van der Waals surface area contributed by atoms with Gasteiger partial charge in [-0.2, -0.15) is 5.10 Å². The number of hydrogen-bond donors (Lipinski definition) is 1. The molecule has 128 valence electrons. The molecule has 1 aliphatic rings. The number of aryl methyl sites for hydroxylation is 1. The zero-order chi connectivity index (χ0) is 14.9. The van der Waals surface area contributed by atoms with Crippen molar-refractivity contribution in [3.63, 3.8) is 0 Å². The topological polar surface area (TPSA) is 64.2 Å². The molecule has 1 aromatic heterocycles. The van der Waals surface area contributed by atoms with Crippen LogP contribution in [0.15, 0.2) is 12.4 Å². The fraction of sp³-hybridized carbons (Fsp3) is 0.733. The van der Waals surface area contributed by atoms with E-state index in [9.17, 15) is 4.79 Å². The molecule has 0 bridgehead atoms. The molecule has 5 nitrogen and oxygen atoms in total. The number of nitrogens with zero attached hydrogens (tertiary/aromatic N) is 3. The summed E-state index contributed by atoms with van der Waals surface area (Å²) < 4.78 is 1.98. The molecule has 2 atom stereocenters. The van der Waals surface area contributed by atoms with Gasteiger partial charge in [0.1, 0.15) is 0 Å². The first-order valence-electron chi connectivity index (χ1n) is 7.34. The molecule has 7 heteroatoms. The first-order valence-corrected chi connectivity index (χ1v) is 7.34. The molecule has 2 rings (SSSR count). The molecule has 1 saturated heterocycles. The summed E-state index contributed by atoms with van der Waals surface area (Å²) in [5, 5.41) is 4.37. The third kappa shape index (κ3) is 4.86. The summed E-state index contributed by atoms with van der Waals surface area (Å²) in [7, 11) is 0. The van der Waals surface area contributed by atoms with Crippen LogP contribution in [0.1, 0.15) is 45.2 Å². The highest BCUT2D eigenvalue weighted by atomic mass is 35.5. The fourth-order valence-electron chi connectivity index (χ4n) is 2.57. The number of rotatable bonds is 2. The Hall–Kier alpha value is -0.780. The van der Waals surface area contributed by atoms with Crippen LogP contribution in [0.25, 0.3) is 0 Å². The van der Waals surface area contributed by atoms with Crippen LogP contribution in [0, 0.1) is 12.3 Å². The highest BCUT2D eigenvalue weighted by Gasteiger charge is 2.33. The van der Waals surface area contributed by atoms with Gasteiger partial charge in [0.15, 0.2) is 0 Å². The van der Waals surface area contributed by atoms with Crippen molar-refractivity contribution in [3.8, 4) is 0 Å². The number of aromatic nitrogens is 2.